The fraction of sp³-hybridized carbons (Fsp3) is 0.368. The molecule has 6 heteroatoms. The highest BCUT2D eigenvalue weighted by Gasteiger charge is 2.67. The van der Waals surface area contributed by atoms with Gasteiger partial charge in [0.25, 0.3) is 0 Å². The van der Waals surface area contributed by atoms with E-state index < -0.39 is 23.0 Å². The van der Waals surface area contributed by atoms with Crippen molar-refractivity contribution in [2.24, 2.45) is 0 Å². The van der Waals surface area contributed by atoms with Crippen LogP contribution in [0.2, 0.25) is 0 Å². The van der Waals surface area contributed by atoms with Gasteiger partial charge in [0.05, 0.1) is 5.56 Å². The van der Waals surface area contributed by atoms with Crippen LogP contribution in [0.4, 0.5) is 18.9 Å². The summed E-state index contributed by atoms with van der Waals surface area (Å²) < 4.78 is 39.6. The number of nitrogens with zero attached hydrogens (tertiary/aromatic N) is 2. The van der Waals surface area contributed by atoms with Crippen LogP contribution in [-0.4, -0.2) is 30.6 Å². The molecule has 0 aromatic heterocycles. The molecular weight excluding hydrogens is 329 g/mol. The molecule has 2 aliphatic heterocycles. The SMILES string of the molecule is CN1CC[C@]2(O)c3cc(C(F)(F)F)ccc3N(C)[C@]12c1ccccc1. The van der Waals surface area contributed by atoms with Gasteiger partial charge < -0.3 is 10.0 Å². The summed E-state index contributed by atoms with van der Waals surface area (Å²) in [5, 5.41) is 11.7. The Morgan fingerprint density at radius 3 is 2.36 bits per heavy atom. The first-order chi connectivity index (χ1) is 11.7. The summed E-state index contributed by atoms with van der Waals surface area (Å²) in [6.45, 7) is 0.589. The van der Waals surface area contributed by atoms with Gasteiger partial charge >= 0.3 is 6.18 Å². The highest BCUT2D eigenvalue weighted by Crippen LogP contribution is 2.61. The van der Waals surface area contributed by atoms with E-state index in [1.807, 2.05) is 54.2 Å². The molecule has 25 heavy (non-hydrogen) atoms. The number of benzene rings is 2. The third-order valence-electron chi connectivity index (χ3n) is 5.73. The average molecular weight is 348 g/mol. The second-order valence-corrected chi connectivity index (χ2v) is 6.86. The highest BCUT2D eigenvalue weighted by molar-refractivity contribution is 5.68. The zero-order chi connectivity index (χ0) is 18.0. The molecule has 4 rings (SSSR count). The van der Waals surface area contributed by atoms with Gasteiger partial charge in [-0.25, -0.2) is 0 Å². The van der Waals surface area contributed by atoms with Crippen molar-refractivity contribution in [3.63, 3.8) is 0 Å². The Balaban J connectivity index is 1.99. The quantitative estimate of drug-likeness (QED) is 0.854. The third-order valence-corrected chi connectivity index (χ3v) is 5.73. The second-order valence-electron chi connectivity index (χ2n) is 6.86. The maximum Gasteiger partial charge on any atom is 0.416 e. The molecular formula is C19H19F3N2O. The van der Waals surface area contributed by atoms with Crippen LogP contribution in [0.15, 0.2) is 48.5 Å². The molecule has 1 fully saturated rings. The lowest BCUT2D eigenvalue weighted by molar-refractivity contribution is -0.137. The lowest BCUT2D eigenvalue weighted by Crippen LogP contribution is -2.58. The number of aliphatic hydroxyl groups is 1. The van der Waals surface area contributed by atoms with Gasteiger partial charge in [-0.2, -0.15) is 13.2 Å². The number of alkyl halides is 3. The first-order valence-electron chi connectivity index (χ1n) is 8.17. The van der Waals surface area contributed by atoms with E-state index in [0.717, 1.165) is 17.7 Å². The Kier molecular flexibility index (Phi) is 3.28. The zero-order valence-corrected chi connectivity index (χ0v) is 14.0. The Morgan fingerprint density at radius 2 is 1.72 bits per heavy atom. The summed E-state index contributed by atoms with van der Waals surface area (Å²) in [5.74, 6) is 0. The molecule has 0 spiro atoms. The monoisotopic (exact) mass is 348 g/mol. The first-order valence-corrected chi connectivity index (χ1v) is 8.17. The van der Waals surface area contributed by atoms with Gasteiger partial charge in [0.1, 0.15) is 5.60 Å². The molecule has 1 N–H and O–H groups in total. The Hall–Kier alpha value is -2.05. The average Bonchev–Trinajstić information content (AvgIpc) is 2.96. The van der Waals surface area contributed by atoms with Crippen LogP contribution < -0.4 is 4.90 Å². The van der Waals surface area contributed by atoms with Crippen molar-refractivity contribution in [2.45, 2.75) is 23.9 Å². The summed E-state index contributed by atoms with van der Waals surface area (Å²) in [7, 11) is 3.73. The number of anilines is 1. The number of fused-ring (bicyclic) bond motifs is 3. The van der Waals surface area contributed by atoms with Gasteiger partial charge in [0.15, 0.2) is 5.66 Å². The summed E-state index contributed by atoms with van der Waals surface area (Å²) in [4.78, 5) is 3.93. The molecule has 0 radical (unpaired) electrons. The fourth-order valence-corrected chi connectivity index (χ4v) is 4.67. The van der Waals surface area contributed by atoms with E-state index in [0.29, 0.717) is 24.2 Å². The summed E-state index contributed by atoms with van der Waals surface area (Å²) in [6, 6.07) is 13.1. The predicted octanol–water partition coefficient (Wildman–Crippen LogP) is 3.53. The topological polar surface area (TPSA) is 26.7 Å². The molecule has 132 valence electrons. The summed E-state index contributed by atoms with van der Waals surface area (Å²) in [6.07, 6.45) is -4.07. The minimum Gasteiger partial charge on any atom is -0.381 e. The van der Waals surface area contributed by atoms with E-state index in [9.17, 15) is 18.3 Å². The largest absolute Gasteiger partial charge is 0.416 e. The van der Waals surface area contributed by atoms with Crippen molar-refractivity contribution in [3.8, 4) is 0 Å². The lowest BCUT2D eigenvalue weighted by atomic mass is 9.80. The van der Waals surface area contributed by atoms with E-state index in [-0.39, 0.29) is 0 Å². The van der Waals surface area contributed by atoms with Crippen LogP contribution in [-0.2, 0) is 17.4 Å². The second kappa shape index (κ2) is 4.99. The molecule has 2 heterocycles. The minimum atomic E-state index is -4.44. The van der Waals surface area contributed by atoms with Gasteiger partial charge in [-0.05, 0) is 37.2 Å². The third kappa shape index (κ3) is 1.89. The molecule has 0 saturated carbocycles. The number of likely N-dealkylation sites (tertiary alicyclic amines) is 1. The number of halogens is 3. The van der Waals surface area contributed by atoms with E-state index in [1.165, 1.54) is 6.07 Å². The number of likely N-dealkylation sites (N-methyl/N-ethyl adjacent to an activating group) is 2. The Bertz CT molecular complexity index is 823. The first kappa shape index (κ1) is 16.4. The number of hydrogen-bond acceptors (Lipinski definition) is 3. The van der Waals surface area contributed by atoms with Gasteiger partial charge in [0, 0.05) is 24.8 Å². The van der Waals surface area contributed by atoms with Crippen LogP contribution >= 0.6 is 0 Å². The van der Waals surface area contributed by atoms with Crippen molar-refractivity contribution in [1.29, 1.82) is 0 Å². The van der Waals surface area contributed by atoms with E-state index >= 15 is 0 Å². The standard InChI is InChI=1S/C19H19F3N2O/c1-23-11-10-17(25)15-12-14(19(20,21)22)8-9-16(15)24(2)18(17,23)13-6-4-3-5-7-13/h3-9,12,25H,10-11H2,1-2H3/t17-,18-/m0/s1. The van der Waals surface area contributed by atoms with Gasteiger partial charge in [0.2, 0.25) is 0 Å². The zero-order valence-electron chi connectivity index (χ0n) is 14.0. The van der Waals surface area contributed by atoms with Crippen molar-refractivity contribution >= 4 is 5.69 Å². The van der Waals surface area contributed by atoms with Crippen molar-refractivity contribution in [3.05, 3.63) is 65.2 Å². The Morgan fingerprint density at radius 1 is 1.04 bits per heavy atom. The lowest BCUT2D eigenvalue weighted by Gasteiger charge is -2.46. The van der Waals surface area contributed by atoms with Crippen molar-refractivity contribution < 1.29 is 18.3 Å². The predicted molar refractivity (Wildman–Crippen MR) is 89.1 cm³/mol. The number of hydrogen-bond donors (Lipinski definition) is 1. The van der Waals surface area contributed by atoms with E-state index in [2.05, 4.69) is 0 Å². The van der Waals surface area contributed by atoms with Crippen molar-refractivity contribution in [2.75, 3.05) is 25.5 Å². The van der Waals surface area contributed by atoms with Gasteiger partial charge in [-0.15, -0.1) is 0 Å². The van der Waals surface area contributed by atoms with Crippen LogP contribution in [0.5, 0.6) is 0 Å². The van der Waals surface area contributed by atoms with E-state index in [4.69, 9.17) is 0 Å². The fourth-order valence-electron chi connectivity index (χ4n) is 4.67. The summed E-state index contributed by atoms with van der Waals surface area (Å²) in [5.41, 5.74) is -1.21. The van der Waals surface area contributed by atoms with Crippen LogP contribution in [0.3, 0.4) is 0 Å². The molecule has 2 aliphatic rings. The van der Waals surface area contributed by atoms with Crippen LogP contribution in [0, 0.1) is 0 Å². The summed E-state index contributed by atoms with van der Waals surface area (Å²) >= 11 is 0. The van der Waals surface area contributed by atoms with Gasteiger partial charge in [-0.3, -0.25) is 4.90 Å². The molecule has 0 unspecified atom stereocenters. The molecule has 2 aromatic carbocycles. The maximum atomic E-state index is 13.2. The molecule has 0 amide bonds. The highest BCUT2D eigenvalue weighted by atomic mass is 19.4. The number of rotatable bonds is 1. The minimum absolute atomic E-state index is 0.345. The molecule has 3 nitrogen and oxygen atoms in total. The molecule has 1 saturated heterocycles. The smallest absolute Gasteiger partial charge is 0.381 e. The maximum absolute atomic E-state index is 13.2. The van der Waals surface area contributed by atoms with E-state index in [1.54, 1.807) is 0 Å². The Labute approximate surface area is 144 Å². The molecule has 2 atom stereocenters. The molecule has 0 bridgehead atoms. The van der Waals surface area contributed by atoms with Crippen LogP contribution in [0.25, 0.3) is 0 Å². The molecule has 0 aliphatic carbocycles. The van der Waals surface area contributed by atoms with Crippen LogP contribution in [0.1, 0.15) is 23.1 Å². The normalized spacial score (nSPS) is 29.0. The molecule has 2 aromatic rings. The van der Waals surface area contributed by atoms with Gasteiger partial charge in [-0.1, -0.05) is 30.3 Å². The van der Waals surface area contributed by atoms with Crippen molar-refractivity contribution in [1.82, 2.24) is 4.90 Å².